The number of aryl methyl sites for hydroxylation is 8. The fourth-order valence-electron chi connectivity index (χ4n) is 12.1. The lowest BCUT2D eigenvalue weighted by atomic mass is 9.93. The van der Waals surface area contributed by atoms with Gasteiger partial charge in [0.1, 0.15) is 0 Å². The van der Waals surface area contributed by atoms with Crippen LogP contribution in [0.2, 0.25) is 0 Å². The summed E-state index contributed by atoms with van der Waals surface area (Å²) in [6.07, 6.45) is 5.56. The van der Waals surface area contributed by atoms with Crippen LogP contribution in [0, 0.1) is 55.4 Å². The van der Waals surface area contributed by atoms with Crippen molar-refractivity contribution in [2.24, 2.45) is 0 Å². The van der Waals surface area contributed by atoms with E-state index in [0.29, 0.717) is 0 Å². The molecule has 0 aliphatic heterocycles. The highest BCUT2D eigenvalue weighted by atomic mass is 14.7. The molecule has 4 nitrogen and oxygen atoms in total. The van der Waals surface area contributed by atoms with Crippen LogP contribution in [0.1, 0.15) is 280 Å². The van der Waals surface area contributed by atoms with Crippen LogP contribution < -0.4 is 0 Å². The summed E-state index contributed by atoms with van der Waals surface area (Å²) < 4.78 is 0. The number of pyridine rings is 4. The van der Waals surface area contributed by atoms with E-state index in [-0.39, 0.29) is 0 Å². The molecule has 0 bridgehead atoms. The van der Waals surface area contributed by atoms with E-state index in [0.717, 1.165) is 28.5 Å². The van der Waals surface area contributed by atoms with Gasteiger partial charge in [-0.25, -0.2) is 0 Å². The zero-order valence-electron chi connectivity index (χ0n) is 94.7. The van der Waals surface area contributed by atoms with Crippen LogP contribution in [0.3, 0.4) is 0 Å². The summed E-state index contributed by atoms with van der Waals surface area (Å²) in [7, 11) is 0. The SMILES string of the molecule is CC.CC.CC.CC.CC.CC.CC.CC.CC.CC.CC.CC.CC.CC.CC.CC.CC.Cc1ccc(-c2ccc3ccccc3c2)cc1.Cc1ccc(-c2cccc3ccccc23)cc1.Cc1ccc(-c2ccccc2)nc1.Cc1cccc(-c2ccccc2)n1.Cc1ccccc1-c1ccc(C)c2ccccc12.Cc1cccnc1-c1ccccc1.Cc1ccnc(-c2ccccc2)c1. The minimum absolute atomic E-state index is 1.03. The van der Waals surface area contributed by atoms with Gasteiger partial charge in [0.2, 0.25) is 0 Å². The molecule has 0 radical (unpaired) electrons. The van der Waals surface area contributed by atoms with Gasteiger partial charge in [-0.1, -0.05) is 574 Å². The summed E-state index contributed by atoms with van der Waals surface area (Å²) in [6, 6.07) is 128. The number of rotatable bonds is 7. The quantitative estimate of drug-likeness (QED) is 0.160. The van der Waals surface area contributed by atoms with Gasteiger partial charge in [0.15, 0.2) is 0 Å². The van der Waals surface area contributed by atoms with Gasteiger partial charge in [0.25, 0.3) is 0 Å². The van der Waals surface area contributed by atoms with Crippen molar-refractivity contribution >= 4 is 32.3 Å². The molecule has 0 atom stereocenters. The van der Waals surface area contributed by atoms with Crippen molar-refractivity contribution in [3.63, 3.8) is 0 Å². The molecule has 0 aliphatic carbocycles. The molecule has 0 N–H and O–H groups in total. The molecule has 0 aliphatic rings. The number of nitrogens with zero attached hydrogens (tertiary/aromatic N) is 4. The van der Waals surface area contributed by atoms with Crippen LogP contribution in [0.5, 0.6) is 0 Å². The van der Waals surface area contributed by atoms with E-state index in [1.165, 1.54) is 127 Å². The number of aromatic nitrogens is 4. The summed E-state index contributed by atoms with van der Waals surface area (Å²) in [6.45, 7) is 84.8. The Morgan fingerprint density at radius 1 is 0.159 bits per heavy atom. The van der Waals surface area contributed by atoms with E-state index < -0.39 is 0 Å². The second kappa shape index (κ2) is 97.3. The Hall–Kier alpha value is -12.8. The Kier molecular flexibility index (Phi) is 97.5. The smallest absolute Gasteiger partial charge is 0.0731 e. The molecule has 0 unspecified atom stereocenters. The van der Waals surface area contributed by atoms with E-state index >= 15 is 0 Å². The maximum atomic E-state index is 4.44. The number of hydrogen-bond acceptors (Lipinski definition) is 4. The standard InChI is InChI=1S/C18H16.2C17H14.4C12H11N.17C2H6/c1-13-7-3-4-8-15(13)18-12-11-14(2)16-9-5-6-10-17(16)18;1-13-9-11-15(12-10-13)17-8-4-6-14-5-2-3-7-16(14)17;1-13-6-8-15(9-7-13)17-11-10-14-4-2-3-5-16(14)12-17;1-10-6-5-9-13-12(10)11-7-3-2-4-8-11;1-10-6-5-9-12(13-10)11-7-3-2-4-8-11;1-10-7-8-13-12(9-10)11-5-3-2-4-6-11;1-10-7-8-12(13-9-10)11-5-3-2-4-6-11;17*1-2/h3-12H,1-2H3;2*2-12H,1H3;4*2-9H,1H3;17*1-2H3. The van der Waals surface area contributed by atoms with Crippen LogP contribution in [-0.2, 0) is 0 Å². The average molecular weight is 1860 g/mol. The van der Waals surface area contributed by atoms with Crippen LogP contribution >= 0.6 is 0 Å². The van der Waals surface area contributed by atoms with Gasteiger partial charge in [-0.3, -0.25) is 19.9 Å². The molecule has 0 saturated carbocycles. The lowest BCUT2D eigenvalue weighted by Gasteiger charge is -2.11. The fraction of sp³-hybridized carbons (Fsp3) is 0.313. The minimum atomic E-state index is 1.03. The lowest BCUT2D eigenvalue weighted by Crippen LogP contribution is -1.86. The molecule has 0 saturated heterocycles. The highest BCUT2D eigenvalue weighted by Gasteiger charge is 2.09. The monoisotopic (exact) mass is 1860 g/mol. The summed E-state index contributed by atoms with van der Waals surface area (Å²) in [4.78, 5) is 17.5. The molecule has 17 aromatic rings. The van der Waals surface area contributed by atoms with Gasteiger partial charge in [0, 0.05) is 46.5 Å². The summed E-state index contributed by atoms with van der Waals surface area (Å²) in [5.74, 6) is 0. The molecule has 138 heavy (non-hydrogen) atoms. The normalized spacial score (nSPS) is 8.51. The van der Waals surface area contributed by atoms with Crippen molar-refractivity contribution in [2.75, 3.05) is 0 Å². The van der Waals surface area contributed by atoms with Gasteiger partial charge in [-0.2, -0.15) is 0 Å². The van der Waals surface area contributed by atoms with Crippen LogP contribution in [-0.4, -0.2) is 19.9 Å². The third-order valence-corrected chi connectivity index (χ3v) is 17.8. The van der Waals surface area contributed by atoms with Crippen molar-refractivity contribution in [1.82, 2.24) is 19.9 Å². The van der Waals surface area contributed by atoms with Crippen LogP contribution in [0.15, 0.2) is 389 Å². The van der Waals surface area contributed by atoms with Crippen LogP contribution in [0.25, 0.3) is 111 Å². The van der Waals surface area contributed by atoms with E-state index in [9.17, 15) is 0 Å². The molecule has 13 aromatic carbocycles. The first-order valence-electron chi connectivity index (χ1n) is 52.5. The van der Waals surface area contributed by atoms with Crippen LogP contribution in [0.4, 0.5) is 0 Å². The molecular weight excluding hydrogens is 1670 g/mol. The van der Waals surface area contributed by atoms with Crippen molar-refractivity contribution in [3.8, 4) is 78.4 Å². The van der Waals surface area contributed by atoms with Crippen molar-refractivity contribution < 1.29 is 0 Å². The van der Waals surface area contributed by atoms with E-state index in [2.05, 4.69) is 322 Å². The predicted molar refractivity (Wildman–Crippen MR) is 638 cm³/mol. The number of benzene rings is 13. The topological polar surface area (TPSA) is 51.6 Å². The van der Waals surface area contributed by atoms with Crippen molar-refractivity contribution in [3.05, 3.63) is 433 Å². The first-order valence-corrected chi connectivity index (χ1v) is 52.5. The van der Waals surface area contributed by atoms with Gasteiger partial charge in [-0.05, 0) is 191 Å². The molecule has 0 fully saturated rings. The molecule has 17 rings (SSSR count). The molecule has 4 aromatic heterocycles. The first-order chi connectivity index (χ1) is 67.9. The number of hydrogen-bond donors (Lipinski definition) is 0. The minimum Gasteiger partial charge on any atom is -0.256 e. The third kappa shape index (κ3) is 54.3. The Balaban J connectivity index is -0.000000276. The molecule has 0 spiro atoms. The molecule has 4 heterocycles. The molecule has 0 amide bonds. The average Bonchev–Trinajstić information content (AvgIpc) is 0.784. The van der Waals surface area contributed by atoms with E-state index in [4.69, 9.17) is 0 Å². The van der Waals surface area contributed by atoms with E-state index in [1.54, 1.807) is 0 Å². The third-order valence-electron chi connectivity index (χ3n) is 17.8. The van der Waals surface area contributed by atoms with E-state index in [1.807, 2.05) is 377 Å². The number of fused-ring (bicyclic) bond motifs is 3. The Bertz CT molecular complexity index is 5390. The summed E-state index contributed by atoms with van der Waals surface area (Å²) >= 11 is 0. The molecule has 746 valence electrons. The van der Waals surface area contributed by atoms with Gasteiger partial charge in [0.05, 0.1) is 22.8 Å². The maximum Gasteiger partial charge on any atom is 0.0731 e. The molecule has 4 heteroatoms. The molecular formula is C134H190N4. The first kappa shape index (κ1) is 138. The van der Waals surface area contributed by atoms with Gasteiger partial charge < -0.3 is 0 Å². The zero-order chi connectivity index (χ0) is 106. The highest BCUT2D eigenvalue weighted by Crippen LogP contribution is 2.34. The van der Waals surface area contributed by atoms with Gasteiger partial charge in [-0.15, -0.1) is 0 Å². The zero-order valence-corrected chi connectivity index (χ0v) is 94.7. The summed E-state index contributed by atoms with van der Waals surface area (Å²) in [5, 5.41) is 7.89. The Morgan fingerprint density at radius 2 is 0.536 bits per heavy atom. The fourth-order valence-corrected chi connectivity index (χ4v) is 12.1. The predicted octanol–water partition coefficient (Wildman–Crippen LogP) is 44.4. The highest BCUT2D eigenvalue weighted by molar-refractivity contribution is 5.99. The van der Waals surface area contributed by atoms with Crippen molar-refractivity contribution in [1.29, 1.82) is 0 Å². The lowest BCUT2D eigenvalue weighted by molar-refractivity contribution is 1.21. The Morgan fingerprint density at radius 3 is 1.00 bits per heavy atom. The second-order valence-electron chi connectivity index (χ2n) is 25.8. The second-order valence-corrected chi connectivity index (χ2v) is 25.8. The largest absolute Gasteiger partial charge is 0.256 e. The summed E-state index contributed by atoms with van der Waals surface area (Å²) in [5.41, 5.74) is 26.7. The van der Waals surface area contributed by atoms with Crippen molar-refractivity contribution in [2.45, 2.75) is 291 Å². The maximum absolute atomic E-state index is 4.44. The Labute approximate surface area is 849 Å². The van der Waals surface area contributed by atoms with Gasteiger partial charge >= 0.3 is 0 Å².